The summed E-state index contributed by atoms with van der Waals surface area (Å²) in [4.78, 5) is 35.6. The lowest BCUT2D eigenvalue weighted by Crippen LogP contribution is -2.52. The standard InChI is InChI=1S/C30H36FN5O2/c31-23-9-7-20(8-10-23)25-18-27(25)32-13-1-2-26(30(38)36-17-16-35-14-11-24(36)12-15-35)34-29(37)22-5-3-21(4-6-22)28-19-33-28/h3-10,19,24-28,32H,1-2,11-18H2,(H,34,37)/t25-,26-,27+,28?/m0/s1. The van der Waals surface area contributed by atoms with Crippen LogP contribution in [0.15, 0.2) is 53.5 Å². The van der Waals surface area contributed by atoms with Gasteiger partial charge in [0.2, 0.25) is 5.91 Å². The van der Waals surface area contributed by atoms with E-state index in [1.54, 1.807) is 0 Å². The Hall–Kier alpha value is -3.10. The molecule has 5 aliphatic rings. The topological polar surface area (TPSA) is 77.0 Å². The highest BCUT2D eigenvalue weighted by Crippen LogP contribution is 2.40. The molecule has 2 bridgehead atoms. The number of fused-ring (bicyclic) bond motifs is 4. The molecule has 2 aromatic rings. The average molecular weight is 518 g/mol. The summed E-state index contributed by atoms with van der Waals surface area (Å²) in [7, 11) is 0. The van der Waals surface area contributed by atoms with Crippen molar-refractivity contribution in [1.29, 1.82) is 0 Å². The van der Waals surface area contributed by atoms with Crippen molar-refractivity contribution < 1.29 is 14.0 Å². The third kappa shape index (κ3) is 5.81. The fourth-order valence-corrected chi connectivity index (χ4v) is 6.02. The number of benzene rings is 2. The summed E-state index contributed by atoms with van der Waals surface area (Å²) in [5, 5.41) is 6.67. The molecule has 4 fully saturated rings. The summed E-state index contributed by atoms with van der Waals surface area (Å²) < 4.78 is 13.2. The molecule has 4 aliphatic heterocycles. The van der Waals surface area contributed by atoms with E-state index in [0.29, 0.717) is 23.9 Å². The quantitative estimate of drug-likeness (QED) is 0.475. The average Bonchev–Trinajstić information content (AvgIpc) is 3.84. The number of rotatable bonds is 10. The van der Waals surface area contributed by atoms with Crippen molar-refractivity contribution in [3.63, 3.8) is 0 Å². The molecule has 200 valence electrons. The highest BCUT2D eigenvalue weighted by Gasteiger charge is 2.38. The van der Waals surface area contributed by atoms with Gasteiger partial charge in [0, 0.05) is 56.0 Å². The third-order valence-electron chi connectivity index (χ3n) is 8.52. The number of carbonyl (C=O) groups excluding carboxylic acids is 2. The molecular formula is C30H36FN5O2. The molecule has 8 heteroatoms. The smallest absolute Gasteiger partial charge is 0.251 e. The number of nitrogens with one attached hydrogen (secondary N) is 2. The van der Waals surface area contributed by atoms with E-state index < -0.39 is 6.04 Å². The molecule has 1 aliphatic carbocycles. The van der Waals surface area contributed by atoms with Gasteiger partial charge in [-0.3, -0.25) is 14.6 Å². The first-order valence-corrected chi connectivity index (χ1v) is 14.0. The van der Waals surface area contributed by atoms with Gasteiger partial charge in [-0.25, -0.2) is 4.39 Å². The normalized spacial score (nSPS) is 28.0. The second kappa shape index (κ2) is 10.9. The van der Waals surface area contributed by atoms with Gasteiger partial charge in [0.15, 0.2) is 0 Å². The van der Waals surface area contributed by atoms with Crippen molar-refractivity contribution in [2.45, 2.75) is 62.2 Å². The van der Waals surface area contributed by atoms with Crippen LogP contribution in [-0.4, -0.2) is 78.7 Å². The summed E-state index contributed by atoms with van der Waals surface area (Å²) in [6.45, 7) is 4.49. The number of carbonyl (C=O) groups is 2. The Morgan fingerprint density at radius 3 is 2.39 bits per heavy atom. The molecule has 1 saturated carbocycles. The van der Waals surface area contributed by atoms with Crippen LogP contribution in [0.3, 0.4) is 0 Å². The van der Waals surface area contributed by atoms with Gasteiger partial charge in [0.25, 0.3) is 5.91 Å². The van der Waals surface area contributed by atoms with Gasteiger partial charge in [-0.2, -0.15) is 0 Å². The van der Waals surface area contributed by atoms with Crippen LogP contribution in [-0.2, 0) is 4.79 Å². The highest BCUT2D eigenvalue weighted by atomic mass is 19.1. The van der Waals surface area contributed by atoms with Crippen molar-refractivity contribution in [2.24, 2.45) is 4.99 Å². The van der Waals surface area contributed by atoms with Crippen LogP contribution >= 0.6 is 0 Å². The number of amides is 2. The van der Waals surface area contributed by atoms with Crippen LogP contribution in [0.1, 0.15) is 65.5 Å². The highest BCUT2D eigenvalue weighted by molar-refractivity contribution is 5.97. The first-order chi connectivity index (χ1) is 18.5. The van der Waals surface area contributed by atoms with Crippen molar-refractivity contribution in [3.8, 4) is 0 Å². The number of hydrogen-bond acceptors (Lipinski definition) is 5. The predicted molar refractivity (Wildman–Crippen MR) is 145 cm³/mol. The summed E-state index contributed by atoms with van der Waals surface area (Å²) >= 11 is 0. The van der Waals surface area contributed by atoms with E-state index in [4.69, 9.17) is 0 Å². The van der Waals surface area contributed by atoms with Crippen LogP contribution in [0.4, 0.5) is 4.39 Å². The maximum atomic E-state index is 13.8. The van der Waals surface area contributed by atoms with Crippen molar-refractivity contribution in [2.75, 3.05) is 32.7 Å². The summed E-state index contributed by atoms with van der Waals surface area (Å²) in [5.41, 5.74) is 2.80. The van der Waals surface area contributed by atoms with Gasteiger partial charge in [-0.15, -0.1) is 0 Å². The molecular weight excluding hydrogens is 481 g/mol. The molecule has 3 saturated heterocycles. The van der Waals surface area contributed by atoms with E-state index >= 15 is 0 Å². The van der Waals surface area contributed by atoms with Gasteiger partial charge < -0.3 is 20.4 Å². The zero-order valence-corrected chi connectivity index (χ0v) is 21.7. The second-order valence-corrected chi connectivity index (χ2v) is 11.1. The predicted octanol–water partition coefficient (Wildman–Crippen LogP) is 3.28. The number of piperidine rings is 1. The first-order valence-electron chi connectivity index (χ1n) is 14.0. The molecule has 7 nitrogen and oxygen atoms in total. The Kier molecular flexibility index (Phi) is 7.26. The zero-order valence-electron chi connectivity index (χ0n) is 21.7. The number of nitrogens with zero attached hydrogens (tertiary/aromatic N) is 3. The number of aliphatic imine (C=N–C) groups is 1. The fraction of sp³-hybridized carbons (Fsp3) is 0.500. The number of halogens is 1. The summed E-state index contributed by atoms with van der Waals surface area (Å²) in [6, 6.07) is 14.5. The SMILES string of the molecule is O=C(N[C@@H](CCCN[C@@H]1C[C@H]1c1ccc(F)cc1)C(=O)N1CCN2CCC1CC2)c1ccc(C2C=N2)cc1. The third-order valence-corrected chi connectivity index (χ3v) is 8.52. The first kappa shape index (κ1) is 25.2. The van der Waals surface area contributed by atoms with Crippen LogP contribution in [0.5, 0.6) is 0 Å². The molecule has 38 heavy (non-hydrogen) atoms. The van der Waals surface area contributed by atoms with Gasteiger partial charge >= 0.3 is 0 Å². The maximum absolute atomic E-state index is 13.8. The Bertz CT molecular complexity index is 1170. The molecule has 1 unspecified atom stereocenters. The molecule has 0 spiro atoms. The van der Waals surface area contributed by atoms with Crippen molar-refractivity contribution in [1.82, 2.24) is 20.4 Å². The zero-order chi connectivity index (χ0) is 26.1. The van der Waals surface area contributed by atoms with Crippen molar-refractivity contribution >= 4 is 18.0 Å². The van der Waals surface area contributed by atoms with E-state index in [2.05, 4.69) is 20.5 Å². The molecule has 0 radical (unpaired) electrons. The Morgan fingerprint density at radius 2 is 1.68 bits per heavy atom. The fourth-order valence-electron chi connectivity index (χ4n) is 6.02. The largest absolute Gasteiger partial charge is 0.340 e. The van der Waals surface area contributed by atoms with Gasteiger partial charge in [0.05, 0.1) is 0 Å². The number of hydrogen-bond donors (Lipinski definition) is 2. The van der Waals surface area contributed by atoms with Crippen LogP contribution < -0.4 is 10.6 Å². The minimum absolute atomic E-state index is 0.0470. The molecule has 0 aromatic heterocycles. The van der Waals surface area contributed by atoms with Gasteiger partial charge in [-0.1, -0.05) is 24.3 Å². The second-order valence-electron chi connectivity index (χ2n) is 11.1. The van der Waals surface area contributed by atoms with E-state index in [-0.39, 0.29) is 29.7 Å². The molecule has 4 heterocycles. The minimum Gasteiger partial charge on any atom is -0.340 e. The minimum atomic E-state index is -0.546. The van der Waals surface area contributed by atoms with E-state index in [9.17, 15) is 14.0 Å². The molecule has 2 N–H and O–H groups in total. The molecule has 2 aromatic carbocycles. The summed E-state index contributed by atoms with van der Waals surface area (Å²) in [6.07, 6.45) is 6.31. The van der Waals surface area contributed by atoms with Crippen LogP contribution in [0.25, 0.3) is 0 Å². The van der Waals surface area contributed by atoms with Gasteiger partial charge in [-0.05, 0) is 74.0 Å². The van der Waals surface area contributed by atoms with E-state index in [1.165, 1.54) is 12.1 Å². The monoisotopic (exact) mass is 517 g/mol. The summed E-state index contributed by atoms with van der Waals surface area (Å²) in [5.74, 6) is 0.0464. The molecule has 7 rings (SSSR count). The van der Waals surface area contributed by atoms with Crippen LogP contribution in [0.2, 0.25) is 0 Å². The maximum Gasteiger partial charge on any atom is 0.251 e. The Balaban J connectivity index is 1.06. The lowest BCUT2D eigenvalue weighted by Gasteiger charge is -2.34. The molecule has 4 atom stereocenters. The lowest BCUT2D eigenvalue weighted by molar-refractivity contribution is -0.135. The lowest BCUT2D eigenvalue weighted by atomic mass is 10.0. The van der Waals surface area contributed by atoms with E-state index in [0.717, 1.165) is 69.5 Å². The van der Waals surface area contributed by atoms with Crippen LogP contribution in [0, 0.1) is 5.82 Å². The Labute approximate surface area is 223 Å². The molecule has 2 amide bonds. The van der Waals surface area contributed by atoms with E-state index in [1.807, 2.05) is 47.5 Å². The van der Waals surface area contributed by atoms with Gasteiger partial charge in [0.1, 0.15) is 17.9 Å². The Morgan fingerprint density at radius 1 is 0.974 bits per heavy atom. The van der Waals surface area contributed by atoms with Crippen molar-refractivity contribution in [3.05, 3.63) is 71.0 Å².